The number of hydrogen-bond acceptors (Lipinski definition) is 6. The van der Waals surface area contributed by atoms with Crippen LogP contribution in [0.5, 0.6) is 11.5 Å². The molecule has 0 radical (unpaired) electrons. The highest BCUT2D eigenvalue weighted by molar-refractivity contribution is 7.99. The lowest BCUT2D eigenvalue weighted by molar-refractivity contribution is -0.139. The zero-order valence-corrected chi connectivity index (χ0v) is 20.4. The van der Waals surface area contributed by atoms with Gasteiger partial charge >= 0.3 is 6.18 Å². The van der Waals surface area contributed by atoms with Crippen LogP contribution in [0.2, 0.25) is 0 Å². The number of anilines is 1. The highest BCUT2D eigenvalue weighted by Gasteiger charge is 2.34. The molecule has 1 fully saturated rings. The number of halogens is 3. The van der Waals surface area contributed by atoms with Crippen molar-refractivity contribution in [2.45, 2.75) is 16.0 Å². The lowest BCUT2D eigenvalue weighted by Crippen LogP contribution is -2.46. The van der Waals surface area contributed by atoms with Crippen LogP contribution in [0.4, 0.5) is 19.0 Å². The number of fused-ring (bicyclic) bond motifs is 1. The molecule has 1 aromatic heterocycles. The molecule has 9 heteroatoms. The number of rotatable bonds is 6. The number of benzene rings is 2. The SMILES string of the molecule is C=CCN1CCN(c2cc(-c3ccc(Sc4ccc5c(c4)OCCO5)c(C(F)(F)F)c3)ccn2)CC1. The lowest BCUT2D eigenvalue weighted by Gasteiger charge is -2.35. The first-order chi connectivity index (χ1) is 17.4. The molecular weight excluding hydrogens is 487 g/mol. The first kappa shape index (κ1) is 24.5. The Morgan fingerprint density at radius 2 is 1.67 bits per heavy atom. The zero-order valence-electron chi connectivity index (χ0n) is 19.6. The van der Waals surface area contributed by atoms with Crippen molar-refractivity contribution in [1.29, 1.82) is 0 Å². The van der Waals surface area contributed by atoms with Crippen molar-refractivity contribution in [3.05, 3.63) is 72.9 Å². The molecule has 2 aliphatic rings. The second-order valence-corrected chi connectivity index (χ2v) is 9.71. The van der Waals surface area contributed by atoms with Crippen molar-refractivity contribution < 1.29 is 22.6 Å². The monoisotopic (exact) mass is 513 g/mol. The van der Waals surface area contributed by atoms with Gasteiger partial charge in [0.1, 0.15) is 19.0 Å². The molecule has 188 valence electrons. The largest absolute Gasteiger partial charge is 0.486 e. The molecule has 3 aromatic rings. The number of piperazine rings is 1. The highest BCUT2D eigenvalue weighted by Crippen LogP contribution is 2.43. The van der Waals surface area contributed by atoms with Gasteiger partial charge in [-0.05, 0) is 53.6 Å². The fourth-order valence-electron chi connectivity index (χ4n) is 4.35. The third-order valence-electron chi connectivity index (χ3n) is 6.19. The van der Waals surface area contributed by atoms with Gasteiger partial charge < -0.3 is 14.4 Å². The third-order valence-corrected chi connectivity index (χ3v) is 7.25. The molecule has 36 heavy (non-hydrogen) atoms. The molecule has 0 unspecified atom stereocenters. The van der Waals surface area contributed by atoms with Crippen molar-refractivity contribution in [3.8, 4) is 22.6 Å². The van der Waals surface area contributed by atoms with Crippen LogP contribution >= 0.6 is 11.8 Å². The van der Waals surface area contributed by atoms with Gasteiger partial charge in [0.15, 0.2) is 11.5 Å². The maximum atomic E-state index is 14.1. The minimum Gasteiger partial charge on any atom is -0.486 e. The third kappa shape index (κ3) is 5.47. The van der Waals surface area contributed by atoms with E-state index < -0.39 is 11.7 Å². The Balaban J connectivity index is 1.40. The van der Waals surface area contributed by atoms with Gasteiger partial charge in [-0.3, -0.25) is 4.90 Å². The van der Waals surface area contributed by atoms with E-state index in [1.807, 2.05) is 12.1 Å². The molecule has 3 heterocycles. The number of pyridine rings is 1. The van der Waals surface area contributed by atoms with E-state index in [-0.39, 0.29) is 4.90 Å². The minimum absolute atomic E-state index is 0.135. The van der Waals surface area contributed by atoms with Gasteiger partial charge in [-0.1, -0.05) is 23.9 Å². The fraction of sp³-hybridized carbons (Fsp3) is 0.296. The second-order valence-electron chi connectivity index (χ2n) is 8.60. The van der Waals surface area contributed by atoms with Crippen LogP contribution in [-0.4, -0.2) is 55.8 Å². The first-order valence-electron chi connectivity index (χ1n) is 11.7. The number of alkyl halides is 3. The van der Waals surface area contributed by atoms with Crippen molar-refractivity contribution in [2.24, 2.45) is 0 Å². The summed E-state index contributed by atoms with van der Waals surface area (Å²) in [7, 11) is 0. The molecule has 0 amide bonds. The van der Waals surface area contributed by atoms with Crippen LogP contribution in [0, 0.1) is 0 Å². The average Bonchev–Trinajstić information content (AvgIpc) is 2.89. The van der Waals surface area contributed by atoms with Gasteiger partial charge in [-0.25, -0.2) is 4.98 Å². The maximum absolute atomic E-state index is 14.1. The van der Waals surface area contributed by atoms with E-state index in [1.54, 1.807) is 36.5 Å². The summed E-state index contributed by atoms with van der Waals surface area (Å²) in [6.45, 7) is 8.91. The molecule has 0 aliphatic carbocycles. The molecule has 0 N–H and O–H groups in total. The van der Waals surface area contributed by atoms with E-state index in [2.05, 4.69) is 21.4 Å². The molecule has 0 saturated carbocycles. The minimum atomic E-state index is -4.50. The van der Waals surface area contributed by atoms with Crippen LogP contribution in [0.15, 0.2) is 77.2 Å². The highest BCUT2D eigenvalue weighted by atomic mass is 32.2. The van der Waals surface area contributed by atoms with E-state index in [1.165, 1.54) is 12.1 Å². The van der Waals surface area contributed by atoms with E-state index in [4.69, 9.17) is 9.47 Å². The number of ether oxygens (including phenoxy) is 2. The summed E-state index contributed by atoms with van der Waals surface area (Å²) in [6, 6.07) is 13.3. The van der Waals surface area contributed by atoms with Gasteiger partial charge in [0.05, 0.1) is 5.56 Å². The van der Waals surface area contributed by atoms with Gasteiger partial charge in [0, 0.05) is 48.7 Å². The Hall–Kier alpha value is -3.17. The lowest BCUT2D eigenvalue weighted by atomic mass is 10.0. The van der Waals surface area contributed by atoms with E-state index in [9.17, 15) is 13.2 Å². The van der Waals surface area contributed by atoms with Gasteiger partial charge in [0.2, 0.25) is 0 Å². The summed E-state index contributed by atoms with van der Waals surface area (Å²) in [6.07, 6.45) is -0.947. The zero-order chi connectivity index (χ0) is 25.1. The average molecular weight is 514 g/mol. The van der Waals surface area contributed by atoms with Gasteiger partial charge in [-0.2, -0.15) is 13.2 Å². The normalized spacial score (nSPS) is 16.1. The Labute approximate surface area is 212 Å². The molecule has 1 saturated heterocycles. The van der Waals surface area contributed by atoms with E-state index in [0.717, 1.165) is 50.3 Å². The van der Waals surface area contributed by atoms with Crippen LogP contribution in [-0.2, 0) is 6.18 Å². The number of aromatic nitrogens is 1. The molecule has 2 aliphatic heterocycles. The predicted molar refractivity (Wildman–Crippen MR) is 135 cm³/mol. The Morgan fingerprint density at radius 3 is 2.42 bits per heavy atom. The quantitative estimate of drug-likeness (QED) is 0.377. The predicted octanol–water partition coefficient (Wildman–Crippen LogP) is 6.00. The van der Waals surface area contributed by atoms with E-state index >= 15 is 0 Å². The molecule has 5 nitrogen and oxygen atoms in total. The molecule has 0 atom stereocenters. The molecule has 0 spiro atoms. The summed E-state index contributed by atoms with van der Waals surface area (Å²) in [4.78, 5) is 9.74. The fourth-order valence-corrected chi connectivity index (χ4v) is 5.32. The van der Waals surface area contributed by atoms with Gasteiger partial charge in [0.25, 0.3) is 0 Å². The molecule has 5 rings (SSSR count). The summed E-state index contributed by atoms with van der Waals surface area (Å²) in [5.74, 6) is 1.92. The Kier molecular flexibility index (Phi) is 7.11. The molecule has 2 aromatic carbocycles. The topological polar surface area (TPSA) is 37.8 Å². The molecular formula is C27H26F3N3O2S. The van der Waals surface area contributed by atoms with E-state index in [0.29, 0.717) is 40.7 Å². The maximum Gasteiger partial charge on any atom is 0.417 e. The van der Waals surface area contributed by atoms with Crippen LogP contribution < -0.4 is 14.4 Å². The number of nitrogens with zero attached hydrogens (tertiary/aromatic N) is 3. The van der Waals surface area contributed by atoms with Crippen LogP contribution in [0.3, 0.4) is 0 Å². The van der Waals surface area contributed by atoms with Crippen molar-refractivity contribution in [2.75, 3.05) is 50.8 Å². The second kappa shape index (κ2) is 10.4. The first-order valence-corrected chi connectivity index (χ1v) is 12.6. The Morgan fingerprint density at radius 1 is 0.917 bits per heavy atom. The molecule has 0 bridgehead atoms. The van der Waals surface area contributed by atoms with Crippen LogP contribution in [0.25, 0.3) is 11.1 Å². The van der Waals surface area contributed by atoms with Crippen molar-refractivity contribution in [3.63, 3.8) is 0 Å². The number of hydrogen-bond donors (Lipinski definition) is 0. The summed E-state index contributed by atoms with van der Waals surface area (Å²) >= 11 is 1.06. The summed E-state index contributed by atoms with van der Waals surface area (Å²) in [5, 5.41) is 0. The summed E-state index contributed by atoms with van der Waals surface area (Å²) < 4.78 is 53.4. The van der Waals surface area contributed by atoms with Crippen molar-refractivity contribution >= 4 is 17.6 Å². The smallest absolute Gasteiger partial charge is 0.417 e. The van der Waals surface area contributed by atoms with Gasteiger partial charge in [-0.15, -0.1) is 6.58 Å². The standard InChI is InChI=1S/C27H26F3N3O2S/c1-2-9-32-10-12-33(13-11-32)26-17-20(7-8-31-26)19-3-6-25(22(16-19)27(28,29)30)36-21-4-5-23-24(18-21)35-15-14-34-23/h2-8,16-18H,1,9-15H2. The van der Waals surface area contributed by atoms with Crippen LogP contribution in [0.1, 0.15) is 5.56 Å². The Bertz CT molecular complexity index is 1240. The summed E-state index contributed by atoms with van der Waals surface area (Å²) in [5.41, 5.74) is 0.536. The van der Waals surface area contributed by atoms with Crippen molar-refractivity contribution in [1.82, 2.24) is 9.88 Å².